The van der Waals surface area contributed by atoms with Crippen molar-refractivity contribution in [3.05, 3.63) is 101 Å². The van der Waals surface area contributed by atoms with Crippen LogP contribution in [-0.2, 0) is 32.6 Å². The number of nitrogens with two attached hydrogens (primary N) is 1. The third kappa shape index (κ3) is 6.62. The number of hydrogen-bond acceptors (Lipinski definition) is 7. The van der Waals surface area contributed by atoms with E-state index in [2.05, 4.69) is 23.1 Å². The number of carboxylic acids is 2. The molecule has 0 bridgehead atoms. The Morgan fingerprint density at radius 3 is 2.00 bits per heavy atom. The van der Waals surface area contributed by atoms with Gasteiger partial charge >= 0.3 is 11.9 Å². The zero-order valence-electron chi connectivity index (χ0n) is 23.1. The lowest BCUT2D eigenvalue weighted by atomic mass is 9.64. The Kier molecular flexibility index (Phi) is 9.95. The average molecular weight is 577 g/mol. The van der Waals surface area contributed by atoms with Gasteiger partial charge in [0.2, 0.25) is 5.91 Å². The number of fused-ring (bicyclic) bond motifs is 1. The van der Waals surface area contributed by atoms with Crippen molar-refractivity contribution in [3.63, 3.8) is 0 Å². The van der Waals surface area contributed by atoms with E-state index in [4.69, 9.17) is 30.9 Å². The van der Waals surface area contributed by atoms with Crippen LogP contribution in [0.2, 0.25) is 0 Å². The summed E-state index contributed by atoms with van der Waals surface area (Å²) in [5.74, 6) is -2.63. The van der Waals surface area contributed by atoms with Gasteiger partial charge in [0.1, 0.15) is 11.2 Å². The van der Waals surface area contributed by atoms with Gasteiger partial charge in [-0.2, -0.15) is 0 Å². The molecule has 6 N–H and O–H groups in total. The Balaban J connectivity index is 0.000000349. The number of rotatable bonds is 10. The second kappa shape index (κ2) is 13.6. The lowest BCUT2D eigenvalue weighted by Gasteiger charge is -2.37. The molecule has 0 aliphatic carbocycles. The number of aliphatic hydroxyl groups is 2. The molecule has 3 aromatic rings. The minimum atomic E-state index is -2.27. The van der Waals surface area contributed by atoms with E-state index in [0.29, 0.717) is 0 Å². The average Bonchev–Trinajstić information content (AvgIpc) is 3.67. The first-order chi connectivity index (χ1) is 20.1. The van der Waals surface area contributed by atoms with Crippen LogP contribution in [-0.4, -0.2) is 81.6 Å². The van der Waals surface area contributed by atoms with Crippen LogP contribution in [0.4, 0.5) is 0 Å². The first kappa shape index (κ1) is 30.7. The zero-order valence-corrected chi connectivity index (χ0v) is 23.1. The summed E-state index contributed by atoms with van der Waals surface area (Å²) in [5.41, 5.74) is 10.0. The molecule has 3 aromatic carbocycles. The van der Waals surface area contributed by atoms with Crippen molar-refractivity contribution in [2.24, 2.45) is 11.7 Å². The van der Waals surface area contributed by atoms with Gasteiger partial charge in [-0.05, 0) is 53.6 Å². The number of benzene rings is 3. The van der Waals surface area contributed by atoms with Crippen LogP contribution in [0.5, 0.6) is 5.75 Å². The molecule has 2 heterocycles. The van der Waals surface area contributed by atoms with Crippen molar-refractivity contribution in [1.82, 2.24) is 4.90 Å². The first-order valence-corrected chi connectivity index (χ1v) is 13.8. The maximum atomic E-state index is 13.2. The summed E-state index contributed by atoms with van der Waals surface area (Å²) in [6, 6.07) is 26.7. The lowest BCUT2D eigenvalue weighted by molar-refractivity contribution is -0.165. The SMILES string of the molecule is NC(=O)C(c1ccccc1)(c1ccccc1)C1CCN(CCc2ccc3c(c2)CCO3)C1.O=C(O)C(O)C(O)C(=O)O. The smallest absolute Gasteiger partial charge is 0.335 e. The van der Waals surface area contributed by atoms with Crippen molar-refractivity contribution in [1.29, 1.82) is 0 Å². The van der Waals surface area contributed by atoms with Gasteiger partial charge in [-0.15, -0.1) is 0 Å². The molecule has 1 saturated heterocycles. The highest BCUT2D eigenvalue weighted by atomic mass is 16.5. The summed E-state index contributed by atoms with van der Waals surface area (Å²) < 4.78 is 5.64. The van der Waals surface area contributed by atoms with Gasteiger partial charge in [0, 0.05) is 19.5 Å². The maximum Gasteiger partial charge on any atom is 0.335 e. The van der Waals surface area contributed by atoms with Crippen LogP contribution in [0.3, 0.4) is 0 Å². The van der Waals surface area contributed by atoms with Crippen molar-refractivity contribution in [2.75, 3.05) is 26.2 Å². The number of ether oxygens (including phenoxy) is 1. The second-order valence-electron chi connectivity index (χ2n) is 10.5. The summed E-state index contributed by atoms with van der Waals surface area (Å²) in [4.78, 5) is 35.2. The number of primary amides is 1. The van der Waals surface area contributed by atoms with Crippen molar-refractivity contribution in [3.8, 4) is 5.75 Å². The van der Waals surface area contributed by atoms with E-state index in [0.717, 1.165) is 62.4 Å². The maximum absolute atomic E-state index is 13.2. The summed E-state index contributed by atoms with van der Waals surface area (Å²) >= 11 is 0. The third-order valence-corrected chi connectivity index (χ3v) is 8.01. The van der Waals surface area contributed by atoms with Crippen molar-refractivity contribution < 1.29 is 39.5 Å². The van der Waals surface area contributed by atoms with E-state index in [1.807, 2.05) is 60.7 Å². The van der Waals surface area contributed by atoms with Gasteiger partial charge in [0.15, 0.2) is 12.2 Å². The second-order valence-corrected chi connectivity index (χ2v) is 10.5. The third-order valence-electron chi connectivity index (χ3n) is 8.01. The molecule has 3 unspecified atom stereocenters. The largest absolute Gasteiger partial charge is 0.493 e. The van der Waals surface area contributed by atoms with E-state index in [1.165, 1.54) is 11.1 Å². The summed E-state index contributed by atoms with van der Waals surface area (Å²) in [6.45, 7) is 3.61. The number of aliphatic carboxylic acids is 2. The Labute approximate surface area is 244 Å². The zero-order chi connectivity index (χ0) is 30.3. The summed E-state index contributed by atoms with van der Waals surface area (Å²) in [5, 5.41) is 32.5. The number of aliphatic hydroxyl groups excluding tert-OH is 2. The topological polar surface area (TPSA) is 171 Å². The van der Waals surface area contributed by atoms with Gasteiger partial charge in [-0.25, -0.2) is 9.59 Å². The van der Waals surface area contributed by atoms with E-state index >= 15 is 0 Å². The molecule has 0 saturated carbocycles. The fourth-order valence-electron chi connectivity index (χ4n) is 5.87. The molecule has 5 rings (SSSR count). The molecule has 2 aliphatic rings. The predicted octanol–water partition coefficient (Wildman–Crippen LogP) is 1.83. The van der Waals surface area contributed by atoms with Crippen molar-refractivity contribution in [2.45, 2.75) is 36.9 Å². The van der Waals surface area contributed by atoms with Crippen LogP contribution in [0.1, 0.15) is 28.7 Å². The van der Waals surface area contributed by atoms with Crippen LogP contribution in [0, 0.1) is 5.92 Å². The number of likely N-dealkylation sites (tertiary alicyclic amines) is 1. The summed E-state index contributed by atoms with van der Waals surface area (Å²) in [7, 11) is 0. The molecule has 42 heavy (non-hydrogen) atoms. The Morgan fingerprint density at radius 2 is 1.48 bits per heavy atom. The molecule has 0 radical (unpaired) electrons. The molecule has 222 valence electrons. The normalized spacial score (nSPS) is 17.7. The van der Waals surface area contributed by atoms with Crippen LogP contribution < -0.4 is 10.5 Å². The van der Waals surface area contributed by atoms with E-state index in [1.54, 1.807) is 0 Å². The molecular weight excluding hydrogens is 540 g/mol. The molecule has 0 aromatic heterocycles. The molecule has 10 heteroatoms. The highest BCUT2D eigenvalue weighted by Gasteiger charge is 2.49. The predicted molar refractivity (Wildman–Crippen MR) is 154 cm³/mol. The fourth-order valence-corrected chi connectivity index (χ4v) is 5.87. The minimum absolute atomic E-state index is 0.137. The Hall–Kier alpha value is -4.25. The van der Waals surface area contributed by atoms with Gasteiger partial charge < -0.3 is 35.8 Å². The van der Waals surface area contributed by atoms with Crippen molar-refractivity contribution >= 4 is 17.8 Å². The number of nitrogens with zero attached hydrogens (tertiary/aromatic N) is 1. The number of carboxylic acid groups (broad SMARTS) is 2. The van der Waals surface area contributed by atoms with Crippen LogP contribution in [0.15, 0.2) is 78.9 Å². The fraction of sp³-hybridized carbons (Fsp3) is 0.344. The van der Waals surface area contributed by atoms with Gasteiger partial charge in [-0.1, -0.05) is 72.8 Å². The highest BCUT2D eigenvalue weighted by molar-refractivity contribution is 5.91. The van der Waals surface area contributed by atoms with E-state index in [9.17, 15) is 14.4 Å². The molecule has 1 fully saturated rings. The first-order valence-electron chi connectivity index (χ1n) is 13.8. The molecule has 2 aliphatic heterocycles. The van der Waals surface area contributed by atoms with Gasteiger partial charge in [-0.3, -0.25) is 4.79 Å². The molecular formula is C32H36N2O8. The molecule has 1 amide bonds. The molecule has 3 atom stereocenters. The van der Waals surface area contributed by atoms with Crippen LogP contribution >= 0.6 is 0 Å². The molecule has 0 spiro atoms. The number of carbonyl (C=O) groups is 3. The Morgan fingerprint density at radius 1 is 0.905 bits per heavy atom. The minimum Gasteiger partial charge on any atom is -0.493 e. The lowest BCUT2D eigenvalue weighted by Crippen LogP contribution is -2.49. The van der Waals surface area contributed by atoms with Crippen LogP contribution in [0.25, 0.3) is 0 Å². The number of amides is 1. The van der Waals surface area contributed by atoms with E-state index < -0.39 is 29.6 Å². The Bertz CT molecular complexity index is 1320. The number of hydrogen-bond donors (Lipinski definition) is 5. The standard InChI is InChI=1S/C28H30N2O2.C4H6O6/c29-27(31)28(23-7-3-1-4-8-23,24-9-5-2-6-10-24)25-14-17-30(20-25)16-13-21-11-12-26-22(19-21)15-18-32-26;5-1(3(7)8)2(6)4(9)10/h1-12,19,25H,13-18,20H2,(H2,29,31);1-2,5-6H,(H,7,8)(H,9,10). The van der Waals surface area contributed by atoms with E-state index in [-0.39, 0.29) is 11.8 Å². The van der Waals surface area contributed by atoms with Gasteiger partial charge in [0.25, 0.3) is 0 Å². The monoisotopic (exact) mass is 576 g/mol. The number of carbonyl (C=O) groups excluding carboxylic acids is 1. The quantitative estimate of drug-likeness (QED) is 0.242. The molecule has 10 nitrogen and oxygen atoms in total. The summed E-state index contributed by atoms with van der Waals surface area (Å²) in [6.07, 6.45) is -1.58. The highest BCUT2D eigenvalue weighted by Crippen LogP contribution is 2.43. The van der Waals surface area contributed by atoms with Gasteiger partial charge in [0.05, 0.1) is 6.61 Å².